The highest BCUT2D eigenvalue weighted by molar-refractivity contribution is 7.26. The first kappa shape index (κ1) is 23.5. The number of rotatable bonds is 3. The topological polar surface area (TPSA) is 3.24 Å². The van der Waals surface area contributed by atoms with Crippen molar-refractivity contribution < 1.29 is 0 Å². The lowest BCUT2D eigenvalue weighted by atomic mass is 9.81. The maximum absolute atomic E-state index is 2.49. The summed E-state index contributed by atoms with van der Waals surface area (Å²) < 4.78 is 2.64. The maximum Gasteiger partial charge on any atom is 0.0640 e. The minimum atomic E-state index is -0.0958. The average Bonchev–Trinajstić information content (AvgIpc) is 3.47. The number of nitrogens with zero attached hydrogens (tertiary/aromatic N) is 1. The van der Waals surface area contributed by atoms with Gasteiger partial charge in [-0.3, -0.25) is 0 Å². The van der Waals surface area contributed by atoms with Crippen molar-refractivity contribution in [2.24, 2.45) is 0 Å². The predicted molar refractivity (Wildman–Crippen MR) is 174 cm³/mol. The van der Waals surface area contributed by atoms with Gasteiger partial charge in [0.25, 0.3) is 0 Å². The average molecular weight is 532 g/mol. The van der Waals surface area contributed by atoms with E-state index >= 15 is 0 Å². The Balaban J connectivity index is 1.49. The molecule has 0 saturated carbocycles. The van der Waals surface area contributed by atoms with Crippen molar-refractivity contribution in [3.8, 4) is 11.1 Å². The van der Waals surface area contributed by atoms with Crippen molar-refractivity contribution in [3.63, 3.8) is 0 Å². The Hall–Kier alpha value is -4.40. The molecule has 7 aromatic rings. The van der Waals surface area contributed by atoms with E-state index < -0.39 is 0 Å². The van der Waals surface area contributed by atoms with Crippen LogP contribution in [0.5, 0.6) is 0 Å². The fraction of sp³-hybridized carbons (Fsp3) is 0.105. The highest BCUT2D eigenvalue weighted by Crippen LogP contribution is 2.55. The Bertz CT molecular complexity index is 2100. The van der Waals surface area contributed by atoms with Gasteiger partial charge < -0.3 is 4.90 Å². The van der Waals surface area contributed by atoms with Gasteiger partial charge in [-0.1, -0.05) is 110 Å². The molecule has 0 N–H and O–H groups in total. The Morgan fingerprint density at radius 3 is 2.10 bits per heavy atom. The summed E-state index contributed by atoms with van der Waals surface area (Å²) in [7, 11) is 0. The van der Waals surface area contributed by atoms with Crippen molar-refractivity contribution in [2.45, 2.75) is 26.2 Å². The zero-order valence-corrected chi connectivity index (χ0v) is 23.7. The molecule has 1 aliphatic carbocycles. The van der Waals surface area contributed by atoms with Crippen LogP contribution in [-0.2, 0) is 5.41 Å². The summed E-state index contributed by atoms with van der Waals surface area (Å²) in [5, 5.41) is 5.22. The molecule has 0 bridgehead atoms. The quantitative estimate of drug-likeness (QED) is 0.219. The lowest BCUT2D eigenvalue weighted by molar-refractivity contribution is 0.660. The van der Waals surface area contributed by atoms with Crippen molar-refractivity contribution in [3.05, 3.63) is 138 Å². The van der Waals surface area contributed by atoms with E-state index in [0.717, 1.165) is 0 Å². The van der Waals surface area contributed by atoms with E-state index in [1.165, 1.54) is 75.8 Å². The third kappa shape index (κ3) is 3.26. The lowest BCUT2D eigenvalue weighted by Crippen LogP contribution is -2.17. The van der Waals surface area contributed by atoms with E-state index in [9.17, 15) is 0 Å². The van der Waals surface area contributed by atoms with Crippen LogP contribution in [0.15, 0.2) is 121 Å². The van der Waals surface area contributed by atoms with Crippen molar-refractivity contribution in [2.75, 3.05) is 4.90 Å². The van der Waals surface area contributed by atoms with Crippen molar-refractivity contribution >= 4 is 59.3 Å². The molecule has 0 fully saturated rings. The van der Waals surface area contributed by atoms with E-state index in [1.54, 1.807) is 0 Å². The van der Waals surface area contributed by atoms with Crippen LogP contribution in [0.4, 0.5) is 17.1 Å². The first-order valence-electron chi connectivity index (χ1n) is 14.0. The Kier molecular flexibility index (Phi) is 5.02. The van der Waals surface area contributed by atoms with Gasteiger partial charge in [0.2, 0.25) is 0 Å². The molecular formula is C38H29NS. The van der Waals surface area contributed by atoms with Gasteiger partial charge in [0, 0.05) is 32.0 Å². The molecule has 1 heterocycles. The molecule has 0 saturated heterocycles. The fourth-order valence-electron chi connectivity index (χ4n) is 6.76. The van der Waals surface area contributed by atoms with Crippen LogP contribution < -0.4 is 4.90 Å². The largest absolute Gasteiger partial charge is 0.308 e. The SMILES string of the molecule is Cc1ccc2c(c1)C(C)(C)c1cc(N(c3ccccc3)c3cccc4c3sc3ccccc34)c3ccccc3c1-2. The molecule has 0 spiro atoms. The maximum atomic E-state index is 2.49. The molecule has 8 rings (SSSR count). The standard InChI is InChI=1S/C38H29NS/c1-24-20-21-30-31(22-24)38(2,3)32-23-34(26-14-7-8-16-28(26)36(30)32)39(25-12-5-4-6-13-25)33-18-11-17-29-27-15-9-10-19-35(27)40-37(29)33/h4-23H,1-3H3. The molecule has 6 aromatic carbocycles. The molecule has 0 radical (unpaired) electrons. The van der Waals surface area contributed by atoms with E-state index in [2.05, 4.69) is 147 Å². The molecule has 0 aliphatic heterocycles. The van der Waals surface area contributed by atoms with Gasteiger partial charge in [0.05, 0.1) is 16.1 Å². The second-order valence-electron chi connectivity index (χ2n) is 11.5. The minimum absolute atomic E-state index is 0.0958. The Labute approximate surface area is 239 Å². The second-order valence-corrected chi connectivity index (χ2v) is 12.5. The highest BCUT2D eigenvalue weighted by atomic mass is 32.1. The van der Waals surface area contributed by atoms with Gasteiger partial charge in [-0.2, -0.15) is 0 Å². The highest BCUT2D eigenvalue weighted by Gasteiger charge is 2.38. The van der Waals surface area contributed by atoms with Crippen LogP contribution >= 0.6 is 11.3 Å². The van der Waals surface area contributed by atoms with E-state index in [1.807, 2.05) is 11.3 Å². The molecule has 1 aromatic heterocycles. The second kappa shape index (κ2) is 8.55. The smallest absolute Gasteiger partial charge is 0.0640 e. The van der Waals surface area contributed by atoms with Crippen molar-refractivity contribution in [1.82, 2.24) is 0 Å². The normalized spacial score (nSPS) is 13.6. The van der Waals surface area contributed by atoms with Gasteiger partial charge in [-0.05, 0) is 64.9 Å². The zero-order valence-electron chi connectivity index (χ0n) is 22.9. The molecule has 0 unspecified atom stereocenters. The lowest BCUT2D eigenvalue weighted by Gasteiger charge is -2.30. The summed E-state index contributed by atoms with van der Waals surface area (Å²) >= 11 is 1.89. The number of hydrogen-bond acceptors (Lipinski definition) is 2. The molecule has 0 atom stereocenters. The molecule has 1 aliphatic rings. The number of para-hydroxylation sites is 1. The first-order chi connectivity index (χ1) is 19.5. The summed E-state index contributed by atoms with van der Waals surface area (Å²) in [6.45, 7) is 6.97. The van der Waals surface area contributed by atoms with Crippen LogP contribution in [0.3, 0.4) is 0 Å². The van der Waals surface area contributed by atoms with Crippen LogP contribution in [0.1, 0.15) is 30.5 Å². The Morgan fingerprint density at radius 2 is 1.27 bits per heavy atom. The first-order valence-corrected chi connectivity index (χ1v) is 14.8. The van der Waals surface area contributed by atoms with Crippen LogP contribution in [0.2, 0.25) is 0 Å². The minimum Gasteiger partial charge on any atom is -0.308 e. The summed E-state index contributed by atoms with van der Waals surface area (Å²) in [4.78, 5) is 2.49. The summed E-state index contributed by atoms with van der Waals surface area (Å²) in [5.41, 5.74) is 10.4. The van der Waals surface area contributed by atoms with Crippen molar-refractivity contribution in [1.29, 1.82) is 0 Å². The summed E-state index contributed by atoms with van der Waals surface area (Å²) in [6.07, 6.45) is 0. The third-order valence-electron chi connectivity index (χ3n) is 8.69. The monoisotopic (exact) mass is 531 g/mol. The predicted octanol–water partition coefficient (Wildman–Crippen LogP) is 11.3. The van der Waals surface area contributed by atoms with Gasteiger partial charge >= 0.3 is 0 Å². The number of aryl methyl sites for hydroxylation is 1. The van der Waals surface area contributed by atoms with Crippen LogP contribution in [0, 0.1) is 6.92 Å². The third-order valence-corrected chi connectivity index (χ3v) is 9.90. The zero-order chi connectivity index (χ0) is 27.0. The number of fused-ring (bicyclic) bond motifs is 8. The van der Waals surface area contributed by atoms with Gasteiger partial charge in [-0.15, -0.1) is 11.3 Å². The van der Waals surface area contributed by atoms with Crippen LogP contribution in [-0.4, -0.2) is 0 Å². The molecule has 0 amide bonds. The van der Waals surface area contributed by atoms with Gasteiger partial charge in [-0.25, -0.2) is 0 Å². The summed E-state index contributed by atoms with van der Waals surface area (Å²) in [5.74, 6) is 0. The molecule has 192 valence electrons. The molecule has 1 nitrogen and oxygen atoms in total. The molecule has 40 heavy (non-hydrogen) atoms. The van der Waals surface area contributed by atoms with E-state index in [-0.39, 0.29) is 5.41 Å². The van der Waals surface area contributed by atoms with Gasteiger partial charge in [0.1, 0.15) is 0 Å². The number of hydrogen-bond donors (Lipinski definition) is 0. The van der Waals surface area contributed by atoms with E-state index in [0.29, 0.717) is 0 Å². The fourth-order valence-corrected chi connectivity index (χ4v) is 7.96. The molecular weight excluding hydrogens is 502 g/mol. The molecule has 2 heteroatoms. The number of benzene rings is 6. The number of anilines is 3. The number of thiophene rings is 1. The van der Waals surface area contributed by atoms with Gasteiger partial charge in [0.15, 0.2) is 0 Å². The van der Waals surface area contributed by atoms with E-state index in [4.69, 9.17) is 0 Å². The van der Waals surface area contributed by atoms with Crippen LogP contribution in [0.25, 0.3) is 42.1 Å². The Morgan fingerprint density at radius 1 is 0.575 bits per heavy atom. The summed E-state index contributed by atoms with van der Waals surface area (Å²) in [6, 6.07) is 44.8.